The number of aryl methyl sites for hydroxylation is 1. The first-order valence-electron chi connectivity index (χ1n) is 6.09. The molecule has 19 heavy (non-hydrogen) atoms. The minimum atomic E-state index is -0.313. The number of hydrogen-bond donors (Lipinski definition) is 1. The van der Waals surface area contributed by atoms with Crippen molar-refractivity contribution in [3.8, 4) is 5.75 Å². The van der Waals surface area contributed by atoms with Crippen LogP contribution in [0.2, 0.25) is 0 Å². The summed E-state index contributed by atoms with van der Waals surface area (Å²) in [5.41, 5.74) is 2.64. The molecule has 0 saturated carbocycles. The number of fused-ring (bicyclic) bond motifs is 1. The van der Waals surface area contributed by atoms with Crippen LogP contribution >= 0.6 is 15.9 Å². The molecule has 0 aliphatic carbocycles. The average Bonchev–Trinajstić information content (AvgIpc) is 2.40. The van der Waals surface area contributed by atoms with Gasteiger partial charge in [0, 0.05) is 10.0 Å². The predicted octanol–water partition coefficient (Wildman–Crippen LogP) is 4.44. The van der Waals surface area contributed by atoms with Crippen molar-refractivity contribution in [2.24, 2.45) is 0 Å². The molecule has 0 spiro atoms. The number of halogens is 2. The third-order valence-electron chi connectivity index (χ3n) is 3.19. The molecule has 98 valence electrons. The number of nitrogens with one attached hydrogen (secondary N) is 1. The normalized spacial score (nSPS) is 17.3. The highest BCUT2D eigenvalue weighted by atomic mass is 79.9. The fraction of sp³-hybridized carbons (Fsp3) is 0.200. The molecule has 1 atom stereocenters. The van der Waals surface area contributed by atoms with E-state index >= 15 is 0 Å². The van der Waals surface area contributed by atoms with Gasteiger partial charge in [-0.05, 0) is 42.8 Å². The van der Waals surface area contributed by atoms with Crippen molar-refractivity contribution in [2.75, 3.05) is 11.9 Å². The Morgan fingerprint density at radius 3 is 2.95 bits per heavy atom. The second-order valence-corrected chi connectivity index (χ2v) is 5.57. The highest BCUT2D eigenvalue weighted by Crippen LogP contribution is 2.36. The molecule has 1 aliphatic rings. The first-order chi connectivity index (χ1) is 9.13. The van der Waals surface area contributed by atoms with Gasteiger partial charge in [0.05, 0.1) is 12.2 Å². The molecule has 3 rings (SSSR count). The van der Waals surface area contributed by atoms with Gasteiger partial charge in [0.2, 0.25) is 0 Å². The topological polar surface area (TPSA) is 21.3 Å². The smallest absolute Gasteiger partial charge is 0.144 e. The van der Waals surface area contributed by atoms with Crippen LogP contribution < -0.4 is 10.1 Å². The quantitative estimate of drug-likeness (QED) is 0.838. The highest BCUT2D eigenvalue weighted by molar-refractivity contribution is 9.10. The van der Waals surface area contributed by atoms with Crippen LogP contribution in [0.5, 0.6) is 5.75 Å². The molecule has 1 unspecified atom stereocenters. The molecule has 0 bridgehead atoms. The maximum atomic E-state index is 13.9. The second-order valence-electron chi connectivity index (χ2n) is 4.65. The van der Waals surface area contributed by atoms with Crippen LogP contribution in [-0.2, 0) is 0 Å². The summed E-state index contributed by atoms with van der Waals surface area (Å²) in [7, 11) is 0. The summed E-state index contributed by atoms with van der Waals surface area (Å²) in [4.78, 5) is 0. The molecule has 1 aliphatic heterocycles. The summed E-state index contributed by atoms with van der Waals surface area (Å²) in [5.74, 6) is 0.529. The maximum absolute atomic E-state index is 13.9. The van der Waals surface area contributed by atoms with Crippen molar-refractivity contribution >= 4 is 21.6 Å². The zero-order valence-electron chi connectivity index (χ0n) is 10.4. The second kappa shape index (κ2) is 4.85. The van der Waals surface area contributed by atoms with E-state index in [4.69, 9.17) is 4.74 Å². The maximum Gasteiger partial charge on any atom is 0.144 e. The van der Waals surface area contributed by atoms with E-state index in [0.717, 1.165) is 21.5 Å². The Kier molecular flexibility index (Phi) is 3.19. The molecule has 0 fully saturated rings. The van der Waals surface area contributed by atoms with Crippen LogP contribution in [0.3, 0.4) is 0 Å². The van der Waals surface area contributed by atoms with Crippen molar-refractivity contribution in [1.82, 2.24) is 0 Å². The van der Waals surface area contributed by atoms with E-state index < -0.39 is 0 Å². The fourth-order valence-corrected chi connectivity index (χ4v) is 2.58. The first kappa shape index (κ1) is 12.5. The molecule has 0 saturated heterocycles. The standard InChI is InChI=1S/C15H13BrFNO/c1-9-2-5-13-14(6-9)19-15(8-18-13)11-7-10(16)3-4-12(11)17/h2-7,15,18H,8H2,1H3. The Hall–Kier alpha value is -1.55. The first-order valence-corrected chi connectivity index (χ1v) is 6.89. The zero-order chi connectivity index (χ0) is 13.4. The Morgan fingerprint density at radius 1 is 1.26 bits per heavy atom. The highest BCUT2D eigenvalue weighted by Gasteiger charge is 2.23. The van der Waals surface area contributed by atoms with Crippen molar-refractivity contribution in [3.05, 3.63) is 57.8 Å². The summed E-state index contributed by atoms with van der Waals surface area (Å²) >= 11 is 3.36. The van der Waals surface area contributed by atoms with Crippen LogP contribution in [0.25, 0.3) is 0 Å². The summed E-state index contributed by atoms with van der Waals surface area (Å²) in [6, 6.07) is 10.9. The van der Waals surface area contributed by atoms with Gasteiger partial charge in [0.1, 0.15) is 17.7 Å². The molecular weight excluding hydrogens is 309 g/mol. The van der Waals surface area contributed by atoms with Crippen molar-refractivity contribution in [3.63, 3.8) is 0 Å². The van der Waals surface area contributed by atoms with Crippen LogP contribution in [0, 0.1) is 12.7 Å². The van der Waals surface area contributed by atoms with Gasteiger partial charge in [-0.1, -0.05) is 22.0 Å². The van der Waals surface area contributed by atoms with Gasteiger partial charge in [-0.2, -0.15) is 0 Å². The Labute approximate surface area is 119 Å². The number of benzene rings is 2. The SMILES string of the molecule is Cc1ccc2c(c1)OC(c1cc(Br)ccc1F)CN2. The molecule has 2 aromatic carbocycles. The zero-order valence-corrected chi connectivity index (χ0v) is 12.0. The molecular formula is C15H13BrFNO. The molecule has 1 N–H and O–H groups in total. The molecule has 4 heteroatoms. The number of ether oxygens (including phenoxy) is 1. The van der Waals surface area contributed by atoms with Crippen LogP contribution in [-0.4, -0.2) is 6.54 Å². The lowest BCUT2D eigenvalue weighted by Gasteiger charge is -2.28. The van der Waals surface area contributed by atoms with E-state index in [0.29, 0.717) is 12.1 Å². The van der Waals surface area contributed by atoms with Gasteiger partial charge >= 0.3 is 0 Å². The number of rotatable bonds is 1. The van der Waals surface area contributed by atoms with E-state index in [1.54, 1.807) is 12.1 Å². The lowest BCUT2D eigenvalue weighted by molar-refractivity contribution is 0.205. The van der Waals surface area contributed by atoms with E-state index in [1.807, 2.05) is 25.1 Å². The van der Waals surface area contributed by atoms with E-state index in [1.165, 1.54) is 6.07 Å². The van der Waals surface area contributed by atoms with Gasteiger partial charge in [-0.3, -0.25) is 0 Å². The van der Waals surface area contributed by atoms with Crippen LogP contribution in [0.1, 0.15) is 17.2 Å². The molecule has 1 heterocycles. The van der Waals surface area contributed by atoms with Crippen LogP contribution in [0.4, 0.5) is 10.1 Å². The average molecular weight is 322 g/mol. The molecule has 2 aromatic rings. The minimum Gasteiger partial charge on any atom is -0.482 e. The van der Waals surface area contributed by atoms with Crippen LogP contribution in [0.15, 0.2) is 40.9 Å². The van der Waals surface area contributed by atoms with Crippen molar-refractivity contribution in [1.29, 1.82) is 0 Å². The predicted molar refractivity (Wildman–Crippen MR) is 77.1 cm³/mol. The molecule has 2 nitrogen and oxygen atoms in total. The van der Waals surface area contributed by atoms with Gasteiger partial charge in [-0.25, -0.2) is 4.39 Å². The third-order valence-corrected chi connectivity index (χ3v) is 3.68. The monoisotopic (exact) mass is 321 g/mol. The van der Waals surface area contributed by atoms with E-state index in [-0.39, 0.29) is 11.9 Å². The summed E-state index contributed by atoms with van der Waals surface area (Å²) < 4.78 is 20.6. The van der Waals surface area contributed by atoms with Gasteiger partial charge < -0.3 is 10.1 Å². The Morgan fingerprint density at radius 2 is 2.11 bits per heavy atom. The summed E-state index contributed by atoms with van der Waals surface area (Å²) in [5, 5.41) is 3.28. The fourth-order valence-electron chi connectivity index (χ4n) is 2.21. The summed E-state index contributed by atoms with van der Waals surface area (Å²) in [6.07, 6.45) is -0.313. The minimum absolute atomic E-state index is 0.244. The van der Waals surface area contributed by atoms with E-state index in [2.05, 4.69) is 21.2 Å². The van der Waals surface area contributed by atoms with Gasteiger partial charge in [0.15, 0.2) is 0 Å². The number of anilines is 1. The van der Waals surface area contributed by atoms with Crippen molar-refractivity contribution < 1.29 is 9.13 Å². The third kappa shape index (κ3) is 2.45. The molecule has 0 radical (unpaired) electrons. The Bertz CT molecular complexity index is 630. The lowest BCUT2D eigenvalue weighted by Crippen LogP contribution is -2.24. The molecule has 0 amide bonds. The van der Waals surface area contributed by atoms with Crippen molar-refractivity contribution in [2.45, 2.75) is 13.0 Å². The molecule has 0 aromatic heterocycles. The lowest BCUT2D eigenvalue weighted by atomic mass is 10.1. The summed E-state index contributed by atoms with van der Waals surface area (Å²) in [6.45, 7) is 2.57. The Balaban J connectivity index is 1.95. The largest absolute Gasteiger partial charge is 0.482 e. The van der Waals surface area contributed by atoms with Gasteiger partial charge in [-0.15, -0.1) is 0 Å². The van der Waals surface area contributed by atoms with E-state index in [9.17, 15) is 4.39 Å². The van der Waals surface area contributed by atoms with Gasteiger partial charge in [0.25, 0.3) is 0 Å². The number of hydrogen-bond acceptors (Lipinski definition) is 2.